The van der Waals surface area contributed by atoms with Crippen LogP contribution in [0.15, 0.2) is 15.7 Å². The first-order chi connectivity index (χ1) is 10.5. The summed E-state index contributed by atoms with van der Waals surface area (Å²) in [7, 11) is 1.81. The second-order valence-corrected chi connectivity index (χ2v) is 6.12. The fourth-order valence-corrected chi connectivity index (χ4v) is 2.80. The summed E-state index contributed by atoms with van der Waals surface area (Å²) in [5.41, 5.74) is 2.17. The fraction of sp³-hybridized carbons (Fsp3) is 0.571. The molecule has 0 spiro atoms. The Morgan fingerprint density at radius 1 is 1.36 bits per heavy atom. The molecule has 2 aromatic heterocycles. The number of aromatic nitrogens is 4. The molecule has 22 heavy (non-hydrogen) atoms. The lowest BCUT2D eigenvalue weighted by Gasteiger charge is -2.16. The molecule has 8 heteroatoms. The summed E-state index contributed by atoms with van der Waals surface area (Å²) in [6, 6.07) is 2.05. The second-order valence-electron chi connectivity index (χ2n) is 5.19. The normalized spacial score (nSPS) is 10.9. The van der Waals surface area contributed by atoms with Gasteiger partial charge >= 0.3 is 0 Å². The lowest BCUT2D eigenvalue weighted by molar-refractivity contribution is -0.127. The Morgan fingerprint density at radius 3 is 2.73 bits per heavy atom. The number of nitrogens with zero attached hydrogens (tertiary/aromatic N) is 5. The van der Waals surface area contributed by atoms with Crippen LogP contribution in [0, 0.1) is 20.8 Å². The molecule has 0 saturated carbocycles. The monoisotopic (exact) mass is 323 g/mol. The molecule has 0 unspecified atom stereocenters. The average molecular weight is 323 g/mol. The molecular formula is C14H21N5O2S. The molecule has 0 aliphatic heterocycles. The third kappa shape index (κ3) is 4.59. The molecular weight excluding hydrogens is 302 g/mol. The molecule has 0 radical (unpaired) electrons. The average Bonchev–Trinajstić information content (AvgIpc) is 3.01. The number of carbonyl (C=O) groups is 1. The van der Waals surface area contributed by atoms with Gasteiger partial charge in [0.2, 0.25) is 11.8 Å². The largest absolute Gasteiger partial charge is 0.416 e. The highest BCUT2D eigenvalue weighted by Crippen LogP contribution is 2.15. The Morgan fingerprint density at radius 2 is 2.14 bits per heavy atom. The molecule has 2 heterocycles. The van der Waals surface area contributed by atoms with E-state index in [-0.39, 0.29) is 5.91 Å². The highest BCUT2D eigenvalue weighted by Gasteiger charge is 2.12. The van der Waals surface area contributed by atoms with Crippen LogP contribution in [0.3, 0.4) is 0 Å². The number of hydrogen-bond donors (Lipinski definition) is 0. The number of amides is 1. The third-order valence-corrected chi connectivity index (χ3v) is 4.02. The van der Waals surface area contributed by atoms with Crippen molar-refractivity contribution in [1.82, 2.24) is 24.9 Å². The van der Waals surface area contributed by atoms with E-state index in [0.29, 0.717) is 23.4 Å². The quantitative estimate of drug-likeness (QED) is 0.724. The predicted octanol–water partition coefficient (Wildman–Crippen LogP) is 1.83. The Bertz CT molecular complexity index is 637. The fourth-order valence-electron chi connectivity index (χ4n) is 2.05. The van der Waals surface area contributed by atoms with Crippen LogP contribution in [-0.2, 0) is 11.3 Å². The molecule has 1 amide bonds. The van der Waals surface area contributed by atoms with Crippen molar-refractivity contribution in [3.05, 3.63) is 23.3 Å². The highest BCUT2D eigenvalue weighted by molar-refractivity contribution is 7.99. The van der Waals surface area contributed by atoms with Gasteiger partial charge in [-0.2, -0.15) is 5.10 Å². The van der Waals surface area contributed by atoms with Gasteiger partial charge in [0.25, 0.3) is 5.22 Å². The van der Waals surface area contributed by atoms with Gasteiger partial charge in [-0.05, 0) is 26.3 Å². The SMILES string of the molecule is Cc1cc(C)n(CCCN(C)C(=O)CSc2nnc(C)o2)n1. The first-order valence-corrected chi connectivity index (χ1v) is 8.12. The first kappa shape index (κ1) is 16.5. The van der Waals surface area contributed by atoms with Crippen LogP contribution in [0.25, 0.3) is 0 Å². The molecule has 0 fully saturated rings. The maximum Gasteiger partial charge on any atom is 0.277 e. The van der Waals surface area contributed by atoms with Crippen LogP contribution >= 0.6 is 11.8 Å². The maximum atomic E-state index is 12.0. The Kier molecular flexibility index (Phi) is 5.59. The van der Waals surface area contributed by atoms with E-state index in [4.69, 9.17) is 4.42 Å². The molecule has 0 bridgehead atoms. The van der Waals surface area contributed by atoms with E-state index >= 15 is 0 Å². The zero-order valence-electron chi connectivity index (χ0n) is 13.4. The lowest BCUT2D eigenvalue weighted by Crippen LogP contribution is -2.30. The molecule has 120 valence electrons. The van der Waals surface area contributed by atoms with Crippen LogP contribution in [0.5, 0.6) is 0 Å². The highest BCUT2D eigenvalue weighted by atomic mass is 32.2. The predicted molar refractivity (Wildman–Crippen MR) is 83.7 cm³/mol. The van der Waals surface area contributed by atoms with Gasteiger partial charge < -0.3 is 9.32 Å². The Balaban J connectivity index is 1.71. The van der Waals surface area contributed by atoms with Crippen molar-refractivity contribution in [2.75, 3.05) is 19.3 Å². The maximum absolute atomic E-state index is 12.0. The van der Waals surface area contributed by atoms with Crippen LogP contribution in [0.4, 0.5) is 0 Å². The van der Waals surface area contributed by atoms with Crippen molar-refractivity contribution in [2.45, 2.75) is 39.0 Å². The van der Waals surface area contributed by atoms with Crippen molar-refractivity contribution in [3.63, 3.8) is 0 Å². The Labute approximate surface area is 134 Å². The van der Waals surface area contributed by atoms with Gasteiger partial charge in [0.05, 0.1) is 11.4 Å². The molecule has 0 saturated heterocycles. The molecule has 0 atom stereocenters. The van der Waals surface area contributed by atoms with Crippen molar-refractivity contribution in [1.29, 1.82) is 0 Å². The van der Waals surface area contributed by atoms with Crippen molar-refractivity contribution >= 4 is 17.7 Å². The second kappa shape index (κ2) is 7.44. The minimum Gasteiger partial charge on any atom is -0.416 e. The van der Waals surface area contributed by atoms with Gasteiger partial charge in [0, 0.05) is 32.8 Å². The van der Waals surface area contributed by atoms with Gasteiger partial charge in [-0.25, -0.2) is 0 Å². The molecule has 0 aromatic carbocycles. The molecule has 7 nitrogen and oxygen atoms in total. The summed E-state index contributed by atoms with van der Waals surface area (Å²) in [6.45, 7) is 7.26. The van der Waals surface area contributed by atoms with E-state index < -0.39 is 0 Å². The topological polar surface area (TPSA) is 77.0 Å². The van der Waals surface area contributed by atoms with E-state index in [1.807, 2.05) is 25.6 Å². The molecule has 2 rings (SSSR count). The van der Waals surface area contributed by atoms with Crippen LogP contribution in [0.2, 0.25) is 0 Å². The van der Waals surface area contributed by atoms with Crippen LogP contribution in [-0.4, -0.2) is 50.1 Å². The van der Waals surface area contributed by atoms with E-state index in [1.165, 1.54) is 11.8 Å². The zero-order valence-corrected chi connectivity index (χ0v) is 14.2. The lowest BCUT2D eigenvalue weighted by atomic mass is 10.3. The van der Waals surface area contributed by atoms with E-state index in [9.17, 15) is 4.79 Å². The molecule has 0 N–H and O–H groups in total. The number of aryl methyl sites for hydroxylation is 4. The van der Waals surface area contributed by atoms with E-state index in [2.05, 4.69) is 21.4 Å². The van der Waals surface area contributed by atoms with Gasteiger partial charge in [0.1, 0.15) is 0 Å². The van der Waals surface area contributed by atoms with E-state index in [0.717, 1.165) is 24.4 Å². The minimum atomic E-state index is 0.0502. The summed E-state index contributed by atoms with van der Waals surface area (Å²) >= 11 is 1.26. The number of hydrogen-bond acceptors (Lipinski definition) is 6. The Hall–Kier alpha value is -1.83. The number of rotatable bonds is 7. The molecule has 0 aliphatic rings. The smallest absolute Gasteiger partial charge is 0.277 e. The minimum absolute atomic E-state index is 0.0502. The van der Waals surface area contributed by atoms with Crippen molar-refractivity contribution < 1.29 is 9.21 Å². The summed E-state index contributed by atoms with van der Waals surface area (Å²) in [5, 5.41) is 12.4. The van der Waals surface area contributed by atoms with Crippen molar-refractivity contribution in [3.8, 4) is 0 Å². The first-order valence-electron chi connectivity index (χ1n) is 7.13. The van der Waals surface area contributed by atoms with Crippen LogP contribution in [0.1, 0.15) is 23.7 Å². The summed E-state index contributed by atoms with van der Waals surface area (Å²) in [6.07, 6.45) is 0.870. The third-order valence-electron chi connectivity index (χ3n) is 3.22. The number of thioether (sulfide) groups is 1. The van der Waals surface area contributed by atoms with Gasteiger partial charge in [-0.1, -0.05) is 11.8 Å². The summed E-state index contributed by atoms with van der Waals surface area (Å²) in [4.78, 5) is 13.8. The van der Waals surface area contributed by atoms with Crippen LogP contribution < -0.4 is 0 Å². The van der Waals surface area contributed by atoms with Crippen molar-refractivity contribution in [2.24, 2.45) is 0 Å². The summed E-state index contributed by atoms with van der Waals surface area (Å²) < 4.78 is 7.20. The van der Waals surface area contributed by atoms with E-state index in [1.54, 1.807) is 11.8 Å². The zero-order chi connectivity index (χ0) is 16.1. The standard InChI is InChI=1S/C14H21N5O2S/c1-10-8-11(2)19(17-10)7-5-6-18(4)13(20)9-22-14-16-15-12(3)21-14/h8H,5-7,9H2,1-4H3. The number of carbonyl (C=O) groups excluding carboxylic acids is 1. The van der Waals surface area contributed by atoms with Gasteiger partial charge in [0.15, 0.2) is 0 Å². The van der Waals surface area contributed by atoms with Gasteiger partial charge in [-0.15, -0.1) is 10.2 Å². The van der Waals surface area contributed by atoms with Gasteiger partial charge in [-0.3, -0.25) is 9.48 Å². The molecule has 2 aromatic rings. The summed E-state index contributed by atoms with van der Waals surface area (Å²) in [5.74, 6) is 0.861. The molecule has 0 aliphatic carbocycles.